The molecule has 538 valence electrons. The average Bonchev–Trinajstić information content (AvgIpc) is 3.75. The number of amides is 1. The molecule has 0 aromatic heterocycles. The SMILES string of the molecule is CCCCCCCCCCCC(C(=O)O)C(=O)NCCOCCOCCOCCOCCOCCOCCOCCOCCOCCOCCOCCOCCOCCOCCOCCOCCOCCOCCOCCOCCOCCOCCOCCC. The van der Waals surface area contributed by atoms with Gasteiger partial charge in [0.1, 0.15) is 5.92 Å². The van der Waals surface area contributed by atoms with Gasteiger partial charge in [-0.1, -0.05) is 71.6 Å². The predicted molar refractivity (Wildman–Crippen MR) is 335 cm³/mol. The summed E-state index contributed by atoms with van der Waals surface area (Å²) in [7, 11) is 0. The largest absolute Gasteiger partial charge is 0.481 e. The van der Waals surface area contributed by atoms with Gasteiger partial charge in [0.25, 0.3) is 0 Å². The molecule has 0 spiro atoms. The van der Waals surface area contributed by atoms with E-state index in [-0.39, 0.29) is 13.2 Å². The summed E-state index contributed by atoms with van der Waals surface area (Å²) in [6.45, 7) is 26.9. The molecule has 0 bridgehead atoms. The van der Waals surface area contributed by atoms with Crippen LogP contribution in [-0.4, -0.2) is 327 Å². The molecule has 27 heteroatoms. The second-order valence-electron chi connectivity index (χ2n) is 19.9. The number of ether oxygens (including phenoxy) is 23. The average molecular weight is 1310 g/mol. The fraction of sp³-hybridized carbons (Fsp3) is 0.968. The molecule has 2 N–H and O–H groups in total. The van der Waals surface area contributed by atoms with Crippen molar-refractivity contribution in [2.75, 3.05) is 310 Å². The van der Waals surface area contributed by atoms with Crippen LogP contribution in [-0.2, 0) is 119 Å². The summed E-state index contributed by atoms with van der Waals surface area (Å²) in [6, 6.07) is 0. The molecule has 90 heavy (non-hydrogen) atoms. The van der Waals surface area contributed by atoms with Crippen molar-refractivity contribution >= 4 is 11.9 Å². The van der Waals surface area contributed by atoms with Gasteiger partial charge in [-0.3, -0.25) is 9.59 Å². The maximum Gasteiger partial charge on any atom is 0.316 e. The fourth-order valence-corrected chi connectivity index (χ4v) is 7.48. The summed E-state index contributed by atoms with van der Waals surface area (Å²) < 4.78 is 127. The van der Waals surface area contributed by atoms with Crippen LogP contribution in [0.15, 0.2) is 0 Å². The highest BCUT2D eigenvalue weighted by atomic mass is 16.6. The van der Waals surface area contributed by atoms with Gasteiger partial charge in [-0.2, -0.15) is 0 Å². The number of hydrogen-bond donors (Lipinski definition) is 2. The number of nitrogens with one attached hydrogen (secondary N) is 1. The van der Waals surface area contributed by atoms with E-state index in [2.05, 4.69) is 19.2 Å². The zero-order chi connectivity index (χ0) is 64.7. The molecule has 1 atom stereocenters. The van der Waals surface area contributed by atoms with Crippen LogP contribution in [0.25, 0.3) is 0 Å². The van der Waals surface area contributed by atoms with Crippen molar-refractivity contribution in [3.8, 4) is 0 Å². The van der Waals surface area contributed by atoms with Crippen LogP contribution in [0.4, 0.5) is 0 Å². The minimum Gasteiger partial charge on any atom is -0.481 e. The van der Waals surface area contributed by atoms with E-state index in [0.29, 0.717) is 297 Å². The zero-order valence-electron chi connectivity index (χ0n) is 55.7. The van der Waals surface area contributed by atoms with Gasteiger partial charge in [0.15, 0.2) is 0 Å². The number of carbonyl (C=O) groups is 2. The molecular weight excluding hydrogens is 1190 g/mol. The van der Waals surface area contributed by atoms with E-state index in [4.69, 9.17) is 109 Å². The molecule has 27 nitrogen and oxygen atoms in total. The number of unbranched alkanes of at least 4 members (excludes halogenated alkanes) is 8. The Balaban J connectivity index is 3.17. The van der Waals surface area contributed by atoms with Gasteiger partial charge in [-0.05, 0) is 12.8 Å². The number of aliphatic carboxylic acids is 1. The molecule has 1 unspecified atom stereocenters. The minimum atomic E-state index is -1.08. The van der Waals surface area contributed by atoms with Crippen LogP contribution < -0.4 is 5.32 Å². The smallest absolute Gasteiger partial charge is 0.316 e. The molecule has 0 saturated carbocycles. The van der Waals surface area contributed by atoms with Crippen molar-refractivity contribution in [2.45, 2.75) is 84.5 Å². The Labute approximate surface area is 540 Å². The Morgan fingerprint density at radius 2 is 0.400 bits per heavy atom. The third-order valence-corrected chi connectivity index (χ3v) is 12.3. The molecule has 1 amide bonds. The summed E-state index contributed by atoms with van der Waals surface area (Å²) in [5, 5.41) is 12.2. The van der Waals surface area contributed by atoms with E-state index >= 15 is 0 Å². The van der Waals surface area contributed by atoms with Crippen LogP contribution in [0.3, 0.4) is 0 Å². The highest BCUT2D eigenvalue weighted by molar-refractivity contribution is 5.96. The molecule has 0 aromatic rings. The molecule has 0 aliphatic heterocycles. The predicted octanol–water partition coefficient (Wildman–Crippen LogP) is 4.52. The lowest BCUT2D eigenvalue weighted by Crippen LogP contribution is -2.37. The van der Waals surface area contributed by atoms with Gasteiger partial charge >= 0.3 is 5.97 Å². The van der Waals surface area contributed by atoms with Gasteiger partial charge in [0.2, 0.25) is 5.91 Å². The van der Waals surface area contributed by atoms with E-state index in [9.17, 15) is 14.7 Å². The van der Waals surface area contributed by atoms with Crippen LogP contribution in [0.5, 0.6) is 0 Å². The highest BCUT2D eigenvalue weighted by Gasteiger charge is 2.25. The van der Waals surface area contributed by atoms with E-state index in [1.165, 1.54) is 38.5 Å². The molecule has 0 aliphatic rings. The molecular formula is C63H125NO26. The molecule has 0 fully saturated rings. The second-order valence-corrected chi connectivity index (χ2v) is 19.9. The van der Waals surface area contributed by atoms with Crippen molar-refractivity contribution in [2.24, 2.45) is 5.92 Å². The lowest BCUT2D eigenvalue weighted by Gasteiger charge is -2.13. The van der Waals surface area contributed by atoms with E-state index in [1.807, 2.05) is 0 Å². The van der Waals surface area contributed by atoms with E-state index < -0.39 is 17.8 Å². The molecule has 0 rings (SSSR count). The second kappa shape index (κ2) is 81.3. The first-order valence-electron chi connectivity index (χ1n) is 33.4. The number of carbonyl (C=O) groups excluding carboxylic acids is 1. The fourth-order valence-electron chi connectivity index (χ4n) is 7.48. The Morgan fingerprint density at radius 3 is 0.578 bits per heavy atom. The van der Waals surface area contributed by atoms with Crippen molar-refractivity contribution in [1.82, 2.24) is 5.32 Å². The number of carboxylic acid groups (broad SMARTS) is 1. The third-order valence-electron chi connectivity index (χ3n) is 12.3. The van der Waals surface area contributed by atoms with Crippen molar-refractivity contribution in [3.63, 3.8) is 0 Å². The standard InChI is InChI=1S/C63H125NO26/c1-3-5-6-7-8-9-10-11-12-13-61(63(66)67)62(65)64-14-16-69-18-20-71-22-24-73-26-28-75-30-32-77-34-36-79-38-40-81-42-44-83-46-48-85-50-52-87-54-56-89-58-60-90-59-57-88-55-53-86-51-49-84-47-45-82-43-41-80-39-37-78-35-33-76-31-29-74-27-25-72-23-21-70-19-17-68-15-4-2/h61H,3-60H2,1-2H3,(H,64,65)(H,66,67). The van der Waals surface area contributed by atoms with E-state index in [0.717, 1.165) is 32.3 Å². The Kier molecular flexibility index (Phi) is 79.5. The summed E-state index contributed by atoms with van der Waals surface area (Å²) in [4.78, 5) is 24.0. The van der Waals surface area contributed by atoms with Crippen molar-refractivity contribution in [3.05, 3.63) is 0 Å². The summed E-state index contributed by atoms with van der Waals surface area (Å²) in [5.74, 6) is -2.55. The van der Waals surface area contributed by atoms with Crippen LogP contribution >= 0.6 is 0 Å². The number of hydrogen-bond acceptors (Lipinski definition) is 25. The lowest BCUT2D eigenvalue weighted by molar-refractivity contribution is -0.147. The van der Waals surface area contributed by atoms with Gasteiger partial charge in [-0.25, -0.2) is 0 Å². The minimum absolute atomic E-state index is 0.255. The molecule has 0 heterocycles. The van der Waals surface area contributed by atoms with Gasteiger partial charge in [-0.15, -0.1) is 0 Å². The molecule has 0 aliphatic carbocycles. The lowest BCUT2D eigenvalue weighted by atomic mass is 9.99. The van der Waals surface area contributed by atoms with Gasteiger partial charge < -0.3 is 119 Å². The molecule has 0 saturated heterocycles. The van der Waals surface area contributed by atoms with Crippen LogP contribution in [0.1, 0.15) is 84.5 Å². The Hall–Kier alpha value is -1.98. The topological polar surface area (TPSA) is 279 Å². The maximum absolute atomic E-state index is 12.4. The highest BCUT2D eigenvalue weighted by Crippen LogP contribution is 2.14. The Bertz CT molecular complexity index is 1360. The van der Waals surface area contributed by atoms with Gasteiger partial charge in [0.05, 0.1) is 297 Å². The first kappa shape index (κ1) is 88.0. The zero-order valence-corrected chi connectivity index (χ0v) is 55.7. The van der Waals surface area contributed by atoms with E-state index in [1.54, 1.807) is 0 Å². The van der Waals surface area contributed by atoms with Crippen molar-refractivity contribution in [1.29, 1.82) is 0 Å². The normalized spacial score (nSPS) is 12.0. The third kappa shape index (κ3) is 76.7. The van der Waals surface area contributed by atoms with Gasteiger partial charge in [0, 0.05) is 13.2 Å². The van der Waals surface area contributed by atoms with Crippen LogP contribution in [0.2, 0.25) is 0 Å². The summed E-state index contributed by atoms with van der Waals surface area (Å²) >= 11 is 0. The molecule has 0 aromatic carbocycles. The van der Waals surface area contributed by atoms with Crippen LogP contribution in [0, 0.1) is 5.92 Å². The number of carboxylic acids is 1. The first-order chi connectivity index (χ1) is 44.6. The summed E-state index contributed by atoms with van der Waals surface area (Å²) in [5.41, 5.74) is 0. The monoisotopic (exact) mass is 1310 g/mol. The molecule has 0 radical (unpaired) electrons. The maximum atomic E-state index is 12.4. The Morgan fingerprint density at radius 1 is 0.233 bits per heavy atom. The quantitative estimate of drug-likeness (QED) is 0.0626. The summed E-state index contributed by atoms with van der Waals surface area (Å²) in [6.07, 6.45) is 11.6. The van der Waals surface area contributed by atoms with Crippen molar-refractivity contribution < 1.29 is 124 Å². The first-order valence-corrected chi connectivity index (χ1v) is 33.4. The number of rotatable bonds is 83.